The lowest BCUT2D eigenvalue weighted by molar-refractivity contribution is 0.0760. The average Bonchev–Trinajstić information content (AvgIpc) is 2.81. The number of piperidine rings is 1. The van der Waals surface area contributed by atoms with Gasteiger partial charge in [0.25, 0.3) is 5.91 Å². The summed E-state index contributed by atoms with van der Waals surface area (Å²) in [5, 5.41) is 3.44. The number of aryl methyl sites for hydroxylation is 1. The Balaban J connectivity index is 0.00000208. The van der Waals surface area contributed by atoms with Gasteiger partial charge in [0.15, 0.2) is 0 Å². The molecule has 0 aliphatic carbocycles. The van der Waals surface area contributed by atoms with Crippen LogP contribution in [0.15, 0.2) is 24.3 Å². The van der Waals surface area contributed by atoms with Gasteiger partial charge in [-0.3, -0.25) is 4.79 Å². The highest BCUT2D eigenvalue weighted by Crippen LogP contribution is 2.16. The fraction of sp³-hybridized carbons (Fsp3) is 0.632. The Bertz CT molecular complexity index is 531. The van der Waals surface area contributed by atoms with E-state index < -0.39 is 0 Å². The van der Waals surface area contributed by atoms with Crippen molar-refractivity contribution in [3.63, 3.8) is 0 Å². The zero-order valence-electron chi connectivity index (χ0n) is 14.7. The van der Waals surface area contributed by atoms with Crippen molar-refractivity contribution in [3.05, 3.63) is 35.4 Å². The minimum atomic E-state index is 0. The summed E-state index contributed by atoms with van der Waals surface area (Å²) in [4.78, 5) is 17.3. The predicted octanol–water partition coefficient (Wildman–Crippen LogP) is 2.56. The number of hydrogen-bond acceptors (Lipinski definition) is 3. The number of halogens is 1. The molecule has 2 heterocycles. The van der Waals surface area contributed by atoms with E-state index in [4.69, 9.17) is 0 Å². The topological polar surface area (TPSA) is 35.6 Å². The summed E-state index contributed by atoms with van der Waals surface area (Å²) in [6.45, 7) is 9.46. The van der Waals surface area contributed by atoms with E-state index in [0.717, 1.165) is 62.7 Å². The second-order valence-electron chi connectivity index (χ2n) is 7.01. The second-order valence-corrected chi connectivity index (χ2v) is 7.01. The summed E-state index contributed by atoms with van der Waals surface area (Å²) in [7, 11) is 0. The molecule has 0 atom stereocenters. The zero-order chi connectivity index (χ0) is 16.1. The molecule has 4 nitrogen and oxygen atoms in total. The van der Waals surface area contributed by atoms with E-state index >= 15 is 0 Å². The molecule has 134 valence electrons. The van der Waals surface area contributed by atoms with Gasteiger partial charge in [0, 0.05) is 31.7 Å². The molecule has 2 aliphatic rings. The third-order valence-corrected chi connectivity index (χ3v) is 5.12. The maximum absolute atomic E-state index is 12.7. The quantitative estimate of drug-likeness (QED) is 0.909. The molecule has 2 fully saturated rings. The molecular formula is C19H30ClN3O. The fourth-order valence-electron chi connectivity index (χ4n) is 3.75. The number of carbonyl (C=O) groups excluding carboxylic acids is 1. The van der Waals surface area contributed by atoms with Crippen LogP contribution in [-0.4, -0.2) is 61.5 Å². The van der Waals surface area contributed by atoms with Crippen molar-refractivity contribution in [2.45, 2.75) is 26.2 Å². The highest BCUT2D eigenvalue weighted by molar-refractivity contribution is 5.94. The van der Waals surface area contributed by atoms with Gasteiger partial charge in [-0.15, -0.1) is 12.4 Å². The lowest BCUT2D eigenvalue weighted by atomic mass is 9.97. The van der Waals surface area contributed by atoms with Crippen LogP contribution in [0, 0.1) is 12.8 Å². The average molecular weight is 352 g/mol. The minimum Gasteiger partial charge on any atom is -0.337 e. The molecule has 2 aliphatic heterocycles. The van der Waals surface area contributed by atoms with Gasteiger partial charge in [-0.1, -0.05) is 17.7 Å². The van der Waals surface area contributed by atoms with E-state index in [2.05, 4.69) is 10.2 Å². The van der Waals surface area contributed by atoms with Crippen molar-refractivity contribution in [2.75, 3.05) is 45.8 Å². The van der Waals surface area contributed by atoms with Crippen LogP contribution >= 0.6 is 12.4 Å². The zero-order valence-corrected chi connectivity index (χ0v) is 15.5. The predicted molar refractivity (Wildman–Crippen MR) is 101 cm³/mol. The van der Waals surface area contributed by atoms with E-state index in [0.29, 0.717) is 0 Å². The first-order valence-electron chi connectivity index (χ1n) is 9.01. The largest absolute Gasteiger partial charge is 0.337 e. The number of amides is 1. The Kier molecular flexibility index (Phi) is 7.53. The summed E-state index contributed by atoms with van der Waals surface area (Å²) in [5.41, 5.74) is 1.98. The first kappa shape index (κ1) is 19.2. The van der Waals surface area contributed by atoms with Gasteiger partial charge in [0.2, 0.25) is 0 Å². The first-order valence-corrected chi connectivity index (χ1v) is 9.01. The van der Waals surface area contributed by atoms with Crippen LogP contribution in [0.25, 0.3) is 0 Å². The van der Waals surface area contributed by atoms with Crippen LogP contribution in [0.5, 0.6) is 0 Å². The molecule has 0 aromatic heterocycles. The standard InChI is InChI=1S/C19H29N3O.ClH/c1-16-4-2-5-18(14-16)19(23)22-11-3-10-21(12-13-22)15-17-6-8-20-9-7-17;/h2,4-5,14,17,20H,3,6-13,15H2,1H3;1H. The van der Waals surface area contributed by atoms with Crippen LogP contribution in [0.3, 0.4) is 0 Å². The number of rotatable bonds is 3. The molecule has 3 rings (SSSR count). The van der Waals surface area contributed by atoms with E-state index in [1.807, 2.05) is 36.1 Å². The highest BCUT2D eigenvalue weighted by Gasteiger charge is 2.22. The van der Waals surface area contributed by atoms with Gasteiger partial charge in [-0.2, -0.15) is 0 Å². The SMILES string of the molecule is Cc1cccc(C(=O)N2CCCN(CC3CCNCC3)CC2)c1.Cl. The number of hydrogen-bond donors (Lipinski definition) is 1. The summed E-state index contributed by atoms with van der Waals surface area (Å²) < 4.78 is 0. The monoisotopic (exact) mass is 351 g/mol. The Morgan fingerprint density at radius 2 is 1.96 bits per heavy atom. The minimum absolute atomic E-state index is 0. The van der Waals surface area contributed by atoms with Gasteiger partial charge in [-0.05, 0) is 63.9 Å². The molecule has 0 saturated carbocycles. The summed E-state index contributed by atoms with van der Waals surface area (Å²) in [6, 6.07) is 7.96. The molecule has 0 spiro atoms. The van der Waals surface area contributed by atoms with Gasteiger partial charge in [-0.25, -0.2) is 0 Å². The fourth-order valence-corrected chi connectivity index (χ4v) is 3.75. The molecule has 2 saturated heterocycles. The molecule has 5 heteroatoms. The summed E-state index contributed by atoms with van der Waals surface area (Å²) in [6.07, 6.45) is 3.67. The van der Waals surface area contributed by atoms with E-state index in [-0.39, 0.29) is 18.3 Å². The molecule has 0 bridgehead atoms. The van der Waals surface area contributed by atoms with Gasteiger partial charge in [0.1, 0.15) is 0 Å². The first-order chi connectivity index (χ1) is 11.2. The number of benzene rings is 1. The Morgan fingerprint density at radius 3 is 2.71 bits per heavy atom. The van der Waals surface area contributed by atoms with Crippen LogP contribution < -0.4 is 5.32 Å². The normalized spacial score (nSPS) is 20.3. The molecular weight excluding hydrogens is 322 g/mol. The van der Waals surface area contributed by atoms with E-state index in [1.165, 1.54) is 19.4 Å². The number of carbonyl (C=O) groups is 1. The Hall–Kier alpha value is -1.10. The van der Waals surface area contributed by atoms with Gasteiger partial charge >= 0.3 is 0 Å². The van der Waals surface area contributed by atoms with Crippen LogP contribution in [0.1, 0.15) is 35.2 Å². The maximum Gasteiger partial charge on any atom is 0.253 e. The molecule has 0 unspecified atom stereocenters. The molecule has 1 aromatic rings. The lowest BCUT2D eigenvalue weighted by Crippen LogP contribution is -2.39. The van der Waals surface area contributed by atoms with Crippen molar-refractivity contribution in [1.29, 1.82) is 0 Å². The van der Waals surface area contributed by atoms with Crippen LogP contribution in [0.4, 0.5) is 0 Å². The second kappa shape index (κ2) is 9.40. The Morgan fingerprint density at radius 1 is 1.17 bits per heavy atom. The van der Waals surface area contributed by atoms with Gasteiger partial charge in [0.05, 0.1) is 0 Å². The van der Waals surface area contributed by atoms with E-state index in [1.54, 1.807) is 0 Å². The van der Waals surface area contributed by atoms with Crippen molar-refractivity contribution in [2.24, 2.45) is 5.92 Å². The van der Waals surface area contributed by atoms with Crippen molar-refractivity contribution < 1.29 is 4.79 Å². The number of nitrogens with zero attached hydrogens (tertiary/aromatic N) is 2. The third kappa shape index (κ3) is 5.20. The van der Waals surface area contributed by atoms with Gasteiger partial charge < -0.3 is 15.1 Å². The Labute approximate surface area is 152 Å². The van der Waals surface area contributed by atoms with Crippen LogP contribution in [0.2, 0.25) is 0 Å². The third-order valence-electron chi connectivity index (χ3n) is 5.12. The van der Waals surface area contributed by atoms with Crippen molar-refractivity contribution >= 4 is 18.3 Å². The highest BCUT2D eigenvalue weighted by atomic mass is 35.5. The summed E-state index contributed by atoms with van der Waals surface area (Å²) in [5.74, 6) is 1.02. The van der Waals surface area contributed by atoms with Crippen molar-refractivity contribution in [3.8, 4) is 0 Å². The lowest BCUT2D eigenvalue weighted by Gasteiger charge is -2.29. The molecule has 1 N–H and O–H groups in total. The molecule has 24 heavy (non-hydrogen) atoms. The molecule has 0 radical (unpaired) electrons. The molecule has 1 amide bonds. The van der Waals surface area contributed by atoms with E-state index in [9.17, 15) is 4.79 Å². The maximum atomic E-state index is 12.7. The van der Waals surface area contributed by atoms with Crippen molar-refractivity contribution in [1.82, 2.24) is 15.1 Å². The van der Waals surface area contributed by atoms with Crippen LogP contribution in [-0.2, 0) is 0 Å². The summed E-state index contributed by atoms with van der Waals surface area (Å²) >= 11 is 0. The molecule has 1 aromatic carbocycles. The number of nitrogens with one attached hydrogen (secondary N) is 1. The smallest absolute Gasteiger partial charge is 0.253 e.